The van der Waals surface area contributed by atoms with E-state index in [9.17, 15) is 29.7 Å². The van der Waals surface area contributed by atoms with Gasteiger partial charge in [0.15, 0.2) is 0 Å². The molecule has 7 heteroatoms. The Morgan fingerprint density at radius 2 is 0.684 bits per heavy atom. The maximum absolute atomic E-state index is 9.49. The molecule has 0 saturated heterocycles. The van der Waals surface area contributed by atoms with Crippen molar-refractivity contribution < 1.29 is 29.7 Å². The third-order valence-electron chi connectivity index (χ3n) is 1.05. The molecular weight excluding hydrogens is 267 g/mol. The van der Waals surface area contributed by atoms with Crippen LogP contribution in [-0.4, -0.2) is 35.3 Å². The van der Waals surface area contributed by atoms with Gasteiger partial charge in [0.2, 0.25) is 0 Å². The Balaban J connectivity index is -0.0000000865. The van der Waals surface area contributed by atoms with Crippen molar-refractivity contribution in [3.63, 3.8) is 0 Å². The fourth-order valence-electron chi connectivity index (χ4n) is 0. The average Bonchev–Trinajstić information content (AvgIpc) is 2.18. The first kappa shape index (κ1) is 25.9. The molecule has 0 atom stereocenters. The zero-order valence-electron chi connectivity index (χ0n) is 11.1. The molecule has 0 saturated carbocycles. The number of hydrogen-bond donors (Lipinski definition) is 0. The van der Waals surface area contributed by atoms with E-state index in [0.29, 0.717) is 0 Å². The fourth-order valence-corrected chi connectivity index (χ4v) is 0. The largest absolute Gasteiger partial charge is 3.00 e. The van der Waals surface area contributed by atoms with E-state index < -0.39 is 17.9 Å². The van der Waals surface area contributed by atoms with Gasteiger partial charge in [0, 0.05) is 0 Å². The number of carboxylic acid groups (broad SMARTS) is 3. The Kier molecular flexibility index (Phi) is 19.4. The van der Waals surface area contributed by atoms with Crippen LogP contribution in [0.25, 0.3) is 0 Å². The number of carboxylic acids is 3. The van der Waals surface area contributed by atoms with Gasteiger partial charge < -0.3 is 29.7 Å². The summed E-state index contributed by atoms with van der Waals surface area (Å²) in [4.78, 5) is 28.5. The van der Waals surface area contributed by atoms with Gasteiger partial charge in [0.05, 0.1) is 17.9 Å². The standard InChI is InChI=1S/3C4H6O2.Al/c3*1-3(2)4(5)6;/h3*1H2,2H3,(H,5,6);/q;;;+3/p-3. The van der Waals surface area contributed by atoms with Crippen LogP contribution >= 0.6 is 0 Å². The van der Waals surface area contributed by atoms with Gasteiger partial charge in [-0.2, -0.15) is 0 Å². The SMILES string of the molecule is C=C(C)C(=O)[O-].C=C(C)C(=O)[O-].C=C(C)C(=O)[O-].[Al+3]. The Bertz CT molecular complexity index is 277. The second-order valence-corrected chi connectivity index (χ2v) is 3.20. The molecule has 0 aromatic carbocycles. The number of rotatable bonds is 3. The zero-order chi connectivity index (χ0) is 15.5. The minimum atomic E-state index is -1.19. The van der Waals surface area contributed by atoms with E-state index in [4.69, 9.17) is 0 Å². The minimum Gasteiger partial charge on any atom is -0.545 e. The second kappa shape index (κ2) is 14.2. The summed E-state index contributed by atoms with van der Waals surface area (Å²) in [5.41, 5.74) is 0.194. The van der Waals surface area contributed by atoms with Gasteiger partial charge >= 0.3 is 17.4 Å². The zero-order valence-corrected chi connectivity index (χ0v) is 12.3. The molecule has 0 amide bonds. The van der Waals surface area contributed by atoms with Crippen molar-refractivity contribution in [2.24, 2.45) is 0 Å². The van der Waals surface area contributed by atoms with Crippen molar-refractivity contribution >= 4 is 35.3 Å². The van der Waals surface area contributed by atoms with Gasteiger partial charge in [-0.05, 0) is 37.5 Å². The van der Waals surface area contributed by atoms with Crippen LogP contribution in [-0.2, 0) is 14.4 Å². The minimum absolute atomic E-state index is 0. The third-order valence-corrected chi connectivity index (χ3v) is 1.05. The molecule has 0 fully saturated rings. The maximum atomic E-state index is 9.49. The summed E-state index contributed by atoms with van der Waals surface area (Å²) >= 11 is 0. The smallest absolute Gasteiger partial charge is 0.545 e. The summed E-state index contributed by atoms with van der Waals surface area (Å²) in [6.07, 6.45) is 0. The average molecular weight is 282 g/mol. The molecule has 0 aliphatic rings. The molecule has 19 heavy (non-hydrogen) atoms. The van der Waals surface area contributed by atoms with Crippen LogP contribution in [0.5, 0.6) is 0 Å². The monoisotopic (exact) mass is 282 g/mol. The van der Waals surface area contributed by atoms with Gasteiger partial charge in [-0.3, -0.25) is 0 Å². The molecule has 0 aliphatic carbocycles. The predicted molar refractivity (Wildman–Crippen MR) is 65.2 cm³/mol. The van der Waals surface area contributed by atoms with Gasteiger partial charge in [0.1, 0.15) is 0 Å². The van der Waals surface area contributed by atoms with Gasteiger partial charge in [0.25, 0.3) is 0 Å². The first-order valence-electron chi connectivity index (χ1n) is 4.54. The van der Waals surface area contributed by atoms with Crippen LogP contribution in [0, 0.1) is 0 Å². The molecule has 0 spiro atoms. The molecule has 0 radical (unpaired) electrons. The van der Waals surface area contributed by atoms with E-state index in [-0.39, 0.29) is 34.1 Å². The number of hydrogen-bond acceptors (Lipinski definition) is 6. The van der Waals surface area contributed by atoms with Crippen LogP contribution in [0.2, 0.25) is 0 Å². The van der Waals surface area contributed by atoms with Crippen LogP contribution < -0.4 is 15.3 Å². The number of carbonyl (C=O) groups excluding carboxylic acids is 3. The van der Waals surface area contributed by atoms with Crippen LogP contribution in [0.1, 0.15) is 20.8 Å². The number of aliphatic carboxylic acids is 3. The molecule has 0 rings (SSSR count). The van der Waals surface area contributed by atoms with Gasteiger partial charge in [-0.1, -0.05) is 19.7 Å². The Hall–Kier alpha value is -1.84. The van der Waals surface area contributed by atoms with E-state index in [1.54, 1.807) is 0 Å². The molecule has 6 nitrogen and oxygen atoms in total. The molecule has 0 unspecified atom stereocenters. The quantitative estimate of drug-likeness (QED) is 0.418. The number of carbonyl (C=O) groups is 3. The van der Waals surface area contributed by atoms with Crippen molar-refractivity contribution in [1.29, 1.82) is 0 Å². The third kappa shape index (κ3) is 31.4. The van der Waals surface area contributed by atoms with Gasteiger partial charge in [-0.25, -0.2) is 0 Å². The molecule has 0 aromatic rings. The summed E-state index contributed by atoms with van der Waals surface area (Å²) in [6.45, 7) is 13.4. The molecule has 0 aliphatic heterocycles. The van der Waals surface area contributed by atoms with Crippen LogP contribution in [0.4, 0.5) is 0 Å². The summed E-state index contributed by atoms with van der Waals surface area (Å²) in [6, 6.07) is 0. The summed E-state index contributed by atoms with van der Waals surface area (Å²) < 4.78 is 0. The first-order chi connectivity index (χ1) is 7.93. The molecule has 0 heterocycles. The predicted octanol–water partition coefficient (Wildman–Crippen LogP) is -2.44. The summed E-state index contributed by atoms with van der Waals surface area (Å²) in [7, 11) is 0. The van der Waals surface area contributed by atoms with E-state index >= 15 is 0 Å². The van der Waals surface area contributed by atoms with Crippen molar-refractivity contribution in [2.45, 2.75) is 20.8 Å². The van der Waals surface area contributed by atoms with Crippen molar-refractivity contribution in [1.82, 2.24) is 0 Å². The van der Waals surface area contributed by atoms with Crippen molar-refractivity contribution in [3.05, 3.63) is 36.5 Å². The van der Waals surface area contributed by atoms with Crippen molar-refractivity contribution in [3.8, 4) is 0 Å². The van der Waals surface area contributed by atoms with E-state index in [1.165, 1.54) is 20.8 Å². The molecule has 0 N–H and O–H groups in total. The molecular formula is C12H15AlO6. The van der Waals surface area contributed by atoms with Crippen molar-refractivity contribution in [2.75, 3.05) is 0 Å². The summed E-state index contributed by atoms with van der Waals surface area (Å²) in [5.74, 6) is -3.56. The van der Waals surface area contributed by atoms with Gasteiger partial charge in [-0.15, -0.1) is 0 Å². The molecule has 0 aromatic heterocycles. The topological polar surface area (TPSA) is 120 Å². The maximum Gasteiger partial charge on any atom is 3.00 e. The Morgan fingerprint density at radius 3 is 0.684 bits per heavy atom. The van der Waals surface area contributed by atoms with E-state index in [0.717, 1.165) is 0 Å². The van der Waals surface area contributed by atoms with E-state index in [1.807, 2.05) is 0 Å². The van der Waals surface area contributed by atoms with Crippen LogP contribution in [0.3, 0.4) is 0 Å². The normalized spacial score (nSPS) is 7.11. The van der Waals surface area contributed by atoms with E-state index in [2.05, 4.69) is 19.7 Å². The Morgan fingerprint density at radius 1 is 0.632 bits per heavy atom. The Labute approximate surface area is 122 Å². The van der Waals surface area contributed by atoms with Crippen LogP contribution in [0.15, 0.2) is 36.5 Å². The fraction of sp³-hybridized carbons (Fsp3) is 0.250. The second-order valence-electron chi connectivity index (χ2n) is 3.20. The molecule has 102 valence electrons. The summed E-state index contributed by atoms with van der Waals surface area (Å²) in [5, 5.41) is 28.5. The first-order valence-corrected chi connectivity index (χ1v) is 4.54. The molecule has 0 bridgehead atoms.